The van der Waals surface area contributed by atoms with E-state index >= 15 is 0 Å². The zero-order valence-electron chi connectivity index (χ0n) is 10.9. The van der Waals surface area contributed by atoms with Crippen LogP contribution in [0.25, 0.3) is 5.57 Å². The first kappa shape index (κ1) is 11.8. The molecule has 0 aliphatic heterocycles. The van der Waals surface area contributed by atoms with Crippen LogP contribution in [0.1, 0.15) is 36.8 Å². The summed E-state index contributed by atoms with van der Waals surface area (Å²) >= 11 is 0. The molecule has 1 spiro atoms. The summed E-state index contributed by atoms with van der Waals surface area (Å²) in [5.41, 5.74) is 3.97. The van der Waals surface area contributed by atoms with Crippen LogP contribution in [0.2, 0.25) is 0 Å². The molecule has 2 aliphatic rings. The Kier molecular flexibility index (Phi) is 2.70. The van der Waals surface area contributed by atoms with E-state index in [0.29, 0.717) is 11.9 Å². The lowest BCUT2D eigenvalue weighted by atomic mass is 9.69. The Morgan fingerprint density at radius 1 is 1.33 bits per heavy atom. The Labute approximate surface area is 108 Å². The monoisotopic (exact) mass is 244 g/mol. The predicted octanol–water partition coefficient (Wildman–Crippen LogP) is 3.54. The molecule has 0 bridgehead atoms. The number of ether oxygens (including phenoxy) is 1. The molecular formula is C16H20O2. The third kappa shape index (κ3) is 1.67. The smallest absolute Gasteiger partial charge is 0.116 e. The maximum atomic E-state index is 9.62. The zero-order chi connectivity index (χ0) is 12.8. The minimum atomic E-state index is 0.227. The molecule has 2 heteroatoms. The molecular weight excluding hydrogens is 224 g/mol. The van der Waals surface area contributed by atoms with Crippen LogP contribution in [0.4, 0.5) is 0 Å². The lowest BCUT2D eigenvalue weighted by Gasteiger charge is -2.37. The van der Waals surface area contributed by atoms with Crippen molar-refractivity contribution in [3.8, 4) is 5.75 Å². The summed E-state index contributed by atoms with van der Waals surface area (Å²) in [6.45, 7) is 4.31. The van der Waals surface area contributed by atoms with E-state index in [4.69, 9.17) is 4.74 Å². The van der Waals surface area contributed by atoms with E-state index in [0.717, 1.165) is 32.1 Å². The summed E-state index contributed by atoms with van der Waals surface area (Å²) in [5.74, 6) is 0.345. The summed E-state index contributed by atoms with van der Waals surface area (Å²) < 4.78 is 5.46. The molecule has 0 saturated heterocycles. The second kappa shape index (κ2) is 4.13. The lowest BCUT2D eigenvalue weighted by molar-refractivity contribution is 0.0448. The Morgan fingerprint density at radius 3 is 2.72 bits per heavy atom. The highest BCUT2D eigenvalue weighted by atomic mass is 16.5. The lowest BCUT2D eigenvalue weighted by Crippen LogP contribution is -2.30. The molecule has 1 aromatic rings. The van der Waals surface area contributed by atoms with E-state index in [-0.39, 0.29) is 5.41 Å². The average molecular weight is 244 g/mol. The van der Waals surface area contributed by atoms with E-state index in [1.807, 2.05) is 12.1 Å². The molecule has 3 rings (SSSR count). The van der Waals surface area contributed by atoms with Crippen LogP contribution in [0.15, 0.2) is 24.8 Å². The van der Waals surface area contributed by atoms with Gasteiger partial charge in [0.15, 0.2) is 0 Å². The van der Waals surface area contributed by atoms with E-state index < -0.39 is 0 Å². The van der Waals surface area contributed by atoms with Crippen LogP contribution < -0.4 is 0 Å². The number of phenols is 1. The second-order valence-electron chi connectivity index (χ2n) is 5.71. The van der Waals surface area contributed by atoms with E-state index in [9.17, 15) is 5.11 Å². The second-order valence-corrected chi connectivity index (χ2v) is 5.71. The minimum absolute atomic E-state index is 0.227. The molecule has 0 unspecified atom stereocenters. The molecule has 1 fully saturated rings. The Morgan fingerprint density at radius 2 is 2.06 bits per heavy atom. The van der Waals surface area contributed by atoms with Crippen LogP contribution in [0, 0.1) is 5.41 Å². The van der Waals surface area contributed by atoms with Gasteiger partial charge in [-0.05, 0) is 66.4 Å². The van der Waals surface area contributed by atoms with Crippen molar-refractivity contribution in [3.05, 3.63) is 35.9 Å². The van der Waals surface area contributed by atoms with Gasteiger partial charge in [0.2, 0.25) is 0 Å². The third-order valence-corrected chi connectivity index (χ3v) is 4.81. The van der Waals surface area contributed by atoms with Crippen molar-refractivity contribution in [1.82, 2.24) is 0 Å². The molecule has 2 nitrogen and oxygen atoms in total. The first-order valence-electron chi connectivity index (χ1n) is 6.69. The zero-order valence-corrected chi connectivity index (χ0v) is 10.9. The largest absolute Gasteiger partial charge is 0.508 e. The van der Waals surface area contributed by atoms with Crippen LogP contribution in [-0.4, -0.2) is 18.3 Å². The van der Waals surface area contributed by atoms with Crippen LogP contribution in [0.3, 0.4) is 0 Å². The summed E-state index contributed by atoms with van der Waals surface area (Å²) in [7, 11) is 1.80. The van der Waals surface area contributed by atoms with Gasteiger partial charge < -0.3 is 9.84 Å². The first-order valence-corrected chi connectivity index (χ1v) is 6.69. The van der Waals surface area contributed by atoms with Gasteiger partial charge in [-0.15, -0.1) is 0 Å². The Bertz CT molecular complexity index is 482. The molecule has 0 heterocycles. The molecule has 0 aromatic heterocycles. The van der Waals surface area contributed by atoms with Crippen molar-refractivity contribution in [2.45, 2.75) is 38.2 Å². The van der Waals surface area contributed by atoms with Gasteiger partial charge in [-0.25, -0.2) is 0 Å². The third-order valence-electron chi connectivity index (χ3n) is 4.81. The van der Waals surface area contributed by atoms with Gasteiger partial charge in [0.25, 0.3) is 0 Å². The number of hydrogen-bond donors (Lipinski definition) is 1. The van der Waals surface area contributed by atoms with Crippen molar-refractivity contribution in [1.29, 1.82) is 0 Å². The molecule has 0 amide bonds. The van der Waals surface area contributed by atoms with Gasteiger partial charge in [0, 0.05) is 7.11 Å². The highest BCUT2D eigenvalue weighted by molar-refractivity contribution is 5.76. The fourth-order valence-corrected chi connectivity index (χ4v) is 3.61. The van der Waals surface area contributed by atoms with Gasteiger partial charge in [0.1, 0.15) is 5.75 Å². The fraction of sp³-hybridized carbons (Fsp3) is 0.500. The average Bonchev–Trinajstić information content (AvgIpc) is 2.65. The Hall–Kier alpha value is -1.28. The standard InChI is InChI=1S/C16H20O2/c1-11-15-9-13(17)4-3-12(15)10-16(11)7-5-14(18-2)6-8-16/h3-4,9,14,17H,1,5-8,10H2,2H3. The predicted molar refractivity (Wildman–Crippen MR) is 72.5 cm³/mol. The fourth-order valence-electron chi connectivity index (χ4n) is 3.61. The van der Waals surface area contributed by atoms with Gasteiger partial charge in [-0.2, -0.15) is 0 Å². The molecule has 1 aromatic carbocycles. The molecule has 1 saturated carbocycles. The molecule has 96 valence electrons. The maximum Gasteiger partial charge on any atom is 0.116 e. The van der Waals surface area contributed by atoms with Gasteiger partial charge in [-0.3, -0.25) is 0 Å². The molecule has 2 aliphatic carbocycles. The SMILES string of the molecule is C=C1c2cc(O)ccc2CC12CCC(OC)CC2. The summed E-state index contributed by atoms with van der Waals surface area (Å²) in [6, 6.07) is 5.70. The van der Waals surface area contributed by atoms with E-state index in [2.05, 4.69) is 6.58 Å². The molecule has 18 heavy (non-hydrogen) atoms. The van der Waals surface area contributed by atoms with E-state index in [1.54, 1.807) is 13.2 Å². The topological polar surface area (TPSA) is 29.5 Å². The quantitative estimate of drug-likeness (QED) is 0.818. The summed E-state index contributed by atoms with van der Waals surface area (Å²) in [6.07, 6.45) is 6.04. The highest BCUT2D eigenvalue weighted by Crippen LogP contribution is 2.54. The number of fused-ring (bicyclic) bond motifs is 1. The summed E-state index contributed by atoms with van der Waals surface area (Å²) in [4.78, 5) is 0. The van der Waals surface area contributed by atoms with Gasteiger partial charge >= 0.3 is 0 Å². The maximum absolute atomic E-state index is 9.62. The van der Waals surface area contributed by atoms with Crippen LogP contribution in [0.5, 0.6) is 5.75 Å². The highest BCUT2D eigenvalue weighted by Gasteiger charge is 2.43. The summed E-state index contributed by atoms with van der Waals surface area (Å²) in [5, 5.41) is 9.62. The number of phenolic OH excluding ortho intramolecular Hbond substituents is 1. The van der Waals surface area contributed by atoms with Crippen LogP contribution >= 0.6 is 0 Å². The normalized spacial score (nSPS) is 30.7. The number of benzene rings is 1. The minimum Gasteiger partial charge on any atom is -0.508 e. The van der Waals surface area contributed by atoms with Gasteiger partial charge in [0.05, 0.1) is 6.10 Å². The molecule has 0 radical (unpaired) electrons. The van der Waals surface area contributed by atoms with Crippen molar-refractivity contribution >= 4 is 5.57 Å². The number of hydrogen-bond acceptors (Lipinski definition) is 2. The number of methoxy groups -OCH3 is 1. The number of aromatic hydroxyl groups is 1. The first-order chi connectivity index (χ1) is 8.64. The Balaban J connectivity index is 1.88. The van der Waals surface area contributed by atoms with Crippen molar-refractivity contribution < 1.29 is 9.84 Å². The van der Waals surface area contributed by atoms with E-state index in [1.165, 1.54) is 16.7 Å². The van der Waals surface area contributed by atoms with Gasteiger partial charge in [-0.1, -0.05) is 12.6 Å². The van der Waals surface area contributed by atoms with Crippen molar-refractivity contribution in [3.63, 3.8) is 0 Å². The number of rotatable bonds is 1. The van der Waals surface area contributed by atoms with Crippen molar-refractivity contribution in [2.24, 2.45) is 5.41 Å². The molecule has 0 atom stereocenters. The van der Waals surface area contributed by atoms with Crippen LogP contribution in [-0.2, 0) is 11.2 Å². The molecule has 1 N–H and O–H groups in total. The van der Waals surface area contributed by atoms with Crippen molar-refractivity contribution in [2.75, 3.05) is 7.11 Å². The number of allylic oxidation sites excluding steroid dienone is 1.